The van der Waals surface area contributed by atoms with Crippen LogP contribution in [0, 0.1) is 0 Å². The molecule has 0 spiro atoms. The van der Waals surface area contributed by atoms with Crippen molar-refractivity contribution in [3.63, 3.8) is 0 Å². The van der Waals surface area contributed by atoms with Crippen molar-refractivity contribution in [2.75, 3.05) is 7.05 Å². The van der Waals surface area contributed by atoms with E-state index in [1.54, 1.807) is 6.07 Å². The molecule has 1 atom stereocenters. The van der Waals surface area contributed by atoms with Crippen LogP contribution >= 0.6 is 0 Å². The predicted molar refractivity (Wildman–Crippen MR) is 89.5 cm³/mol. The monoisotopic (exact) mass is 281 g/mol. The largest absolute Gasteiger partial charge is 0.411 e. The van der Waals surface area contributed by atoms with Crippen LogP contribution in [0.2, 0.25) is 0 Å². The topological polar surface area (TPSA) is 7.12 Å². The van der Waals surface area contributed by atoms with Gasteiger partial charge < -0.3 is 4.81 Å². The summed E-state index contributed by atoms with van der Waals surface area (Å²) in [4.78, 5) is 2.11. The lowest BCUT2D eigenvalue weighted by Gasteiger charge is -2.22. The molecule has 1 unspecified atom stereocenters. The minimum atomic E-state index is -2.38. The molecule has 21 heavy (non-hydrogen) atoms. The maximum atomic E-state index is 8.36. The van der Waals surface area contributed by atoms with Crippen LogP contribution in [0.3, 0.4) is 0 Å². The van der Waals surface area contributed by atoms with Crippen molar-refractivity contribution in [3.05, 3.63) is 58.6 Å². The molecule has 0 saturated carbocycles. The number of pyridine rings is 1. The van der Waals surface area contributed by atoms with E-state index < -0.39 is 12.7 Å². The molecule has 0 aliphatic carbocycles. The van der Waals surface area contributed by atoms with Gasteiger partial charge >= 0.3 is 6.85 Å². The summed E-state index contributed by atoms with van der Waals surface area (Å²) in [6.45, 7) is -0.952. The summed E-state index contributed by atoms with van der Waals surface area (Å²) in [5.74, 6) is 0.524. The Morgan fingerprint density at radius 3 is 2.81 bits per heavy atom. The van der Waals surface area contributed by atoms with E-state index in [1.165, 1.54) is 6.92 Å². The van der Waals surface area contributed by atoms with Gasteiger partial charge in [0.1, 0.15) is 7.05 Å². The Hall–Kier alpha value is -2.03. The maximum Gasteiger partial charge on any atom is 0.396 e. The Morgan fingerprint density at radius 1 is 1.29 bits per heavy atom. The molecule has 106 valence electrons. The molecule has 1 aliphatic rings. The Balaban J connectivity index is 2.13. The molecule has 2 nitrogen and oxygen atoms in total. The van der Waals surface area contributed by atoms with Crippen LogP contribution in [-0.2, 0) is 7.05 Å². The molecule has 3 rings (SSSR count). The number of nitrogens with zero attached hydrogens (tertiary/aromatic N) is 2. The average Bonchev–Trinajstić information content (AvgIpc) is 2.53. The third-order valence-corrected chi connectivity index (χ3v) is 4.04. The van der Waals surface area contributed by atoms with Gasteiger partial charge in [-0.15, -0.1) is 0 Å². The van der Waals surface area contributed by atoms with Gasteiger partial charge in [0.05, 0.1) is 0 Å². The fourth-order valence-corrected chi connectivity index (χ4v) is 2.78. The minimum Gasteiger partial charge on any atom is -0.411 e. The maximum absolute atomic E-state index is 8.36. The van der Waals surface area contributed by atoms with E-state index in [0.29, 0.717) is 5.56 Å². The summed E-state index contributed by atoms with van der Waals surface area (Å²) in [5, 5.41) is 2.31. The molecule has 2 aromatic rings. The third kappa shape index (κ3) is 2.60. The highest BCUT2D eigenvalue weighted by atomic mass is 15.0. The van der Waals surface area contributed by atoms with Gasteiger partial charge in [-0.2, -0.15) is 0 Å². The van der Waals surface area contributed by atoms with E-state index in [0.717, 1.165) is 16.0 Å². The number of hydrogen-bond acceptors (Lipinski definition) is 1. The Bertz CT molecular complexity index is 921. The Labute approximate surface area is 132 Å². The van der Waals surface area contributed by atoms with Gasteiger partial charge in [-0.25, -0.2) is 4.57 Å². The molecule has 1 aromatic carbocycles. The summed E-state index contributed by atoms with van der Waals surface area (Å²) in [6.07, 6.45) is 3.93. The third-order valence-electron chi connectivity index (χ3n) is 4.04. The zero-order chi connectivity index (χ0) is 18.4. The van der Waals surface area contributed by atoms with E-state index >= 15 is 0 Å². The second-order valence-corrected chi connectivity index (χ2v) is 5.61. The molecule has 0 N–H and O–H groups in total. The number of fused-ring (bicyclic) bond motifs is 1. The molecule has 0 saturated heterocycles. The standard InChI is InChI=1S/C18H22BN2/c1-14(2)15-9-10-20(3)18(11-15)19-12-16-7-5-6-8-17(16)13-21(19)4/h5-14H,1-4H3/q+1/i1D3,14D. The van der Waals surface area contributed by atoms with Crippen molar-refractivity contribution in [2.24, 2.45) is 7.05 Å². The minimum absolute atomic E-state index is 0.0211. The SMILES string of the molecule is [2H]C([2H])([2H])C([2H])(C)c1cc[n+](C)c(B2C=c3ccccc3=CN2C)c1. The van der Waals surface area contributed by atoms with Crippen LogP contribution in [0.5, 0.6) is 0 Å². The molecule has 0 amide bonds. The van der Waals surface area contributed by atoms with Gasteiger partial charge in [0.25, 0.3) is 0 Å². The molecular weight excluding hydrogens is 255 g/mol. The fourth-order valence-electron chi connectivity index (χ4n) is 2.78. The molecule has 0 radical (unpaired) electrons. The first-order chi connectivity index (χ1) is 11.6. The highest BCUT2D eigenvalue weighted by Crippen LogP contribution is 2.11. The summed E-state index contributed by atoms with van der Waals surface area (Å²) in [7, 11) is 3.95. The van der Waals surface area contributed by atoms with E-state index in [9.17, 15) is 0 Å². The first-order valence-electron chi connectivity index (χ1n) is 9.12. The van der Waals surface area contributed by atoms with E-state index in [4.69, 9.17) is 5.48 Å². The lowest BCUT2D eigenvalue weighted by Crippen LogP contribution is -2.61. The molecule has 2 heterocycles. The Kier molecular flexibility index (Phi) is 2.53. The van der Waals surface area contributed by atoms with Crippen LogP contribution in [0.1, 0.15) is 30.7 Å². The van der Waals surface area contributed by atoms with Crippen LogP contribution in [-0.4, -0.2) is 18.7 Å². The molecular formula is C18H22BN2+. The zero-order valence-corrected chi connectivity index (χ0v) is 12.7. The fraction of sp³-hybridized carbons (Fsp3) is 0.278. The van der Waals surface area contributed by atoms with Crippen LogP contribution in [0.4, 0.5) is 0 Å². The van der Waals surface area contributed by atoms with Gasteiger partial charge in [-0.05, 0) is 35.1 Å². The number of aryl methyl sites for hydroxylation is 1. The second kappa shape index (κ2) is 5.40. The average molecular weight is 281 g/mol. The first kappa shape index (κ1) is 9.83. The summed E-state index contributed by atoms with van der Waals surface area (Å²) < 4.78 is 33.4. The summed E-state index contributed by atoms with van der Waals surface area (Å²) >= 11 is 0. The van der Waals surface area contributed by atoms with Crippen LogP contribution in [0.25, 0.3) is 12.2 Å². The number of aromatic nitrogens is 1. The van der Waals surface area contributed by atoms with Crippen molar-refractivity contribution in [1.82, 2.24) is 4.81 Å². The summed E-state index contributed by atoms with van der Waals surface area (Å²) in [6, 6.07) is 11.7. The van der Waals surface area contributed by atoms with Gasteiger partial charge in [0, 0.05) is 17.6 Å². The zero-order valence-electron chi connectivity index (χ0n) is 16.7. The predicted octanol–water partition coefficient (Wildman–Crippen LogP) is 0.536. The summed E-state index contributed by atoms with van der Waals surface area (Å²) in [5.41, 5.74) is 1.45. The highest BCUT2D eigenvalue weighted by Gasteiger charge is 2.29. The lowest BCUT2D eigenvalue weighted by atomic mass is 9.55. The number of hydrogen-bond donors (Lipinski definition) is 0. The molecule has 1 aromatic heterocycles. The van der Waals surface area contributed by atoms with E-state index in [1.807, 2.05) is 43.1 Å². The van der Waals surface area contributed by atoms with Crippen molar-refractivity contribution in [3.8, 4) is 0 Å². The normalized spacial score (nSPS) is 20.0. The van der Waals surface area contributed by atoms with Gasteiger partial charge in [-0.3, -0.25) is 0 Å². The number of benzene rings is 1. The lowest BCUT2D eigenvalue weighted by molar-refractivity contribution is -0.654. The van der Waals surface area contributed by atoms with Crippen LogP contribution in [0.15, 0.2) is 42.6 Å². The van der Waals surface area contributed by atoms with Gasteiger partial charge in [0.2, 0.25) is 0 Å². The highest BCUT2D eigenvalue weighted by molar-refractivity contribution is 6.82. The molecule has 0 bridgehead atoms. The number of rotatable bonds is 2. The second-order valence-electron chi connectivity index (χ2n) is 5.61. The quantitative estimate of drug-likeness (QED) is 0.575. The van der Waals surface area contributed by atoms with Crippen molar-refractivity contribution < 1.29 is 10.1 Å². The van der Waals surface area contributed by atoms with Crippen molar-refractivity contribution in [2.45, 2.75) is 19.7 Å². The van der Waals surface area contributed by atoms with Gasteiger partial charge in [0.15, 0.2) is 11.8 Å². The van der Waals surface area contributed by atoms with Crippen molar-refractivity contribution in [1.29, 1.82) is 0 Å². The molecule has 1 aliphatic heterocycles. The molecule has 3 heteroatoms. The van der Waals surface area contributed by atoms with Crippen molar-refractivity contribution >= 4 is 24.6 Å². The van der Waals surface area contributed by atoms with E-state index in [2.05, 4.69) is 29.1 Å². The van der Waals surface area contributed by atoms with Gasteiger partial charge in [-0.1, -0.05) is 44.0 Å². The smallest absolute Gasteiger partial charge is 0.396 e. The molecule has 0 fully saturated rings. The van der Waals surface area contributed by atoms with Crippen LogP contribution < -0.4 is 20.6 Å². The van der Waals surface area contributed by atoms with E-state index in [-0.39, 0.29) is 6.85 Å². The Morgan fingerprint density at radius 2 is 2.05 bits per heavy atom. The first-order valence-corrected chi connectivity index (χ1v) is 7.12.